The lowest BCUT2D eigenvalue weighted by molar-refractivity contribution is -0.134. The second-order valence-electron chi connectivity index (χ2n) is 6.14. The van der Waals surface area contributed by atoms with Crippen LogP contribution in [0.2, 0.25) is 0 Å². The highest BCUT2D eigenvalue weighted by Gasteiger charge is 2.03. The molecule has 2 rings (SSSR count). The smallest absolute Gasteiger partial charge is 0.330 e. The minimum absolute atomic E-state index is 0.0286. The van der Waals surface area contributed by atoms with Gasteiger partial charge in [-0.25, -0.2) is 4.79 Å². The molecule has 0 aliphatic rings. The Morgan fingerprint density at radius 2 is 1.63 bits per heavy atom. The van der Waals surface area contributed by atoms with Crippen molar-refractivity contribution in [2.45, 2.75) is 25.7 Å². The van der Waals surface area contributed by atoms with Crippen LogP contribution in [-0.4, -0.2) is 24.3 Å². The minimum Gasteiger partial charge on any atom is -0.466 e. The number of aryl methyl sites for hydroxylation is 2. The van der Waals surface area contributed by atoms with E-state index in [1.807, 2.05) is 48.5 Å². The van der Waals surface area contributed by atoms with Gasteiger partial charge in [0.2, 0.25) is 5.91 Å². The number of nitrogens with one attached hydrogen (secondary N) is 1. The molecule has 0 aromatic heterocycles. The Morgan fingerprint density at radius 3 is 2.26 bits per heavy atom. The molecule has 1 amide bonds. The molecule has 0 atom stereocenters. The fraction of sp³-hybridized carbons (Fsp3) is 0.273. The predicted molar refractivity (Wildman–Crippen MR) is 113 cm³/mol. The molecule has 142 valence electrons. The Kier molecular flexibility index (Phi) is 8.78. The van der Waals surface area contributed by atoms with Crippen LogP contribution in [0.5, 0.6) is 0 Å². The normalized spacial score (nSPS) is 10.7. The zero-order valence-corrected chi connectivity index (χ0v) is 17.0. The van der Waals surface area contributed by atoms with Crippen molar-refractivity contribution in [3.63, 3.8) is 0 Å². The van der Waals surface area contributed by atoms with Crippen molar-refractivity contribution in [2.24, 2.45) is 0 Å². The lowest BCUT2D eigenvalue weighted by Crippen LogP contribution is -2.11. The van der Waals surface area contributed by atoms with Gasteiger partial charge in [0.05, 0.1) is 7.11 Å². The second-order valence-corrected chi connectivity index (χ2v) is 6.93. The minimum atomic E-state index is -0.372. The summed E-state index contributed by atoms with van der Waals surface area (Å²) < 4.78 is 4.56. The van der Waals surface area contributed by atoms with Gasteiger partial charge in [-0.15, -0.1) is 0 Å². The van der Waals surface area contributed by atoms with Gasteiger partial charge in [-0.3, -0.25) is 4.79 Å². The zero-order chi connectivity index (χ0) is 19.5. The number of carbonyl (C=O) groups is 2. The SMILES string of the molecule is COC(=O)/C=C/c1ccc(CCCC(=O)Nc2ccc(CCBr)cc2)cc1. The van der Waals surface area contributed by atoms with Crippen LogP contribution in [0.25, 0.3) is 6.08 Å². The van der Waals surface area contributed by atoms with Gasteiger partial charge in [0.15, 0.2) is 0 Å². The van der Waals surface area contributed by atoms with E-state index in [2.05, 4.69) is 26.0 Å². The van der Waals surface area contributed by atoms with E-state index >= 15 is 0 Å². The number of hydrogen-bond acceptors (Lipinski definition) is 3. The number of amides is 1. The summed E-state index contributed by atoms with van der Waals surface area (Å²) in [5.74, 6) is -0.344. The molecule has 0 heterocycles. The van der Waals surface area contributed by atoms with E-state index in [1.165, 1.54) is 18.7 Å². The number of rotatable bonds is 9. The Hall–Kier alpha value is -2.40. The standard InChI is InChI=1S/C22H24BrNO3/c1-27-22(26)14-11-18-7-5-17(6-8-18)3-2-4-21(25)24-20-12-9-19(10-13-20)15-16-23/h5-14H,2-4,15-16H2,1H3,(H,24,25)/b14-11+. The molecule has 0 spiro atoms. The molecular formula is C22H24BrNO3. The molecule has 2 aromatic carbocycles. The van der Waals surface area contributed by atoms with Crippen LogP contribution in [0, 0.1) is 0 Å². The number of ether oxygens (including phenoxy) is 1. The number of methoxy groups -OCH3 is 1. The summed E-state index contributed by atoms with van der Waals surface area (Å²) in [7, 11) is 1.35. The van der Waals surface area contributed by atoms with Gasteiger partial charge in [0, 0.05) is 23.5 Å². The highest BCUT2D eigenvalue weighted by molar-refractivity contribution is 9.09. The summed E-state index contributed by atoms with van der Waals surface area (Å²) in [5, 5.41) is 3.87. The van der Waals surface area contributed by atoms with Crippen LogP contribution in [0.15, 0.2) is 54.6 Å². The van der Waals surface area contributed by atoms with Crippen LogP contribution >= 0.6 is 15.9 Å². The van der Waals surface area contributed by atoms with E-state index in [4.69, 9.17) is 0 Å². The van der Waals surface area contributed by atoms with Gasteiger partial charge in [0.25, 0.3) is 0 Å². The molecule has 1 N–H and O–H groups in total. The molecule has 4 nitrogen and oxygen atoms in total. The maximum absolute atomic E-state index is 12.1. The molecule has 0 fully saturated rings. The van der Waals surface area contributed by atoms with E-state index in [-0.39, 0.29) is 11.9 Å². The van der Waals surface area contributed by atoms with Crippen LogP contribution < -0.4 is 5.32 Å². The fourth-order valence-electron chi connectivity index (χ4n) is 2.57. The molecule has 0 unspecified atom stereocenters. The average Bonchev–Trinajstić information content (AvgIpc) is 2.69. The average molecular weight is 430 g/mol. The van der Waals surface area contributed by atoms with E-state index < -0.39 is 0 Å². The van der Waals surface area contributed by atoms with E-state index in [0.717, 1.165) is 41.4 Å². The molecule has 0 saturated heterocycles. The van der Waals surface area contributed by atoms with Crippen LogP contribution in [0.1, 0.15) is 29.5 Å². The maximum atomic E-state index is 12.1. The quantitative estimate of drug-likeness (QED) is 0.354. The number of alkyl halides is 1. The van der Waals surface area contributed by atoms with Crippen LogP contribution in [0.3, 0.4) is 0 Å². The summed E-state index contributed by atoms with van der Waals surface area (Å²) in [6.07, 6.45) is 6.18. The van der Waals surface area contributed by atoms with Crippen molar-refractivity contribution in [3.8, 4) is 0 Å². The van der Waals surface area contributed by atoms with E-state index in [1.54, 1.807) is 6.08 Å². The third-order valence-electron chi connectivity index (χ3n) is 4.08. The first-order valence-electron chi connectivity index (χ1n) is 8.90. The molecule has 0 aliphatic carbocycles. The number of hydrogen-bond donors (Lipinski definition) is 1. The number of halogens is 1. The topological polar surface area (TPSA) is 55.4 Å². The summed E-state index contributed by atoms with van der Waals surface area (Å²) in [4.78, 5) is 23.2. The molecule has 0 radical (unpaired) electrons. The van der Waals surface area contributed by atoms with Gasteiger partial charge in [-0.2, -0.15) is 0 Å². The van der Waals surface area contributed by atoms with Crippen molar-refractivity contribution in [1.29, 1.82) is 0 Å². The number of carbonyl (C=O) groups excluding carboxylic acids is 2. The monoisotopic (exact) mass is 429 g/mol. The predicted octanol–water partition coefficient (Wildman–Crippen LogP) is 4.77. The molecule has 0 saturated carbocycles. The van der Waals surface area contributed by atoms with Crippen molar-refractivity contribution in [3.05, 3.63) is 71.3 Å². The van der Waals surface area contributed by atoms with Gasteiger partial charge in [-0.1, -0.05) is 52.3 Å². The molecule has 0 aliphatic heterocycles. The zero-order valence-electron chi connectivity index (χ0n) is 15.4. The lowest BCUT2D eigenvalue weighted by Gasteiger charge is -2.07. The first-order valence-corrected chi connectivity index (χ1v) is 10.0. The van der Waals surface area contributed by atoms with Gasteiger partial charge < -0.3 is 10.1 Å². The number of benzene rings is 2. The van der Waals surface area contributed by atoms with E-state index in [9.17, 15) is 9.59 Å². The molecule has 0 bridgehead atoms. The molecule has 27 heavy (non-hydrogen) atoms. The van der Waals surface area contributed by atoms with Gasteiger partial charge in [0.1, 0.15) is 0 Å². The third-order valence-corrected chi connectivity index (χ3v) is 4.48. The Balaban J connectivity index is 1.74. The third kappa shape index (κ3) is 7.79. The summed E-state index contributed by atoms with van der Waals surface area (Å²) in [5.41, 5.74) is 4.18. The lowest BCUT2D eigenvalue weighted by atomic mass is 10.1. The Labute approximate surface area is 168 Å². The molecular weight excluding hydrogens is 406 g/mol. The van der Waals surface area contributed by atoms with Crippen molar-refractivity contribution < 1.29 is 14.3 Å². The largest absolute Gasteiger partial charge is 0.466 e. The summed E-state index contributed by atoms with van der Waals surface area (Å²) >= 11 is 3.42. The number of anilines is 1. The fourth-order valence-corrected chi connectivity index (χ4v) is 3.03. The van der Waals surface area contributed by atoms with Gasteiger partial charge in [-0.05, 0) is 54.2 Å². The second kappa shape index (κ2) is 11.3. The molecule has 2 aromatic rings. The molecule has 5 heteroatoms. The Morgan fingerprint density at radius 1 is 1.00 bits per heavy atom. The van der Waals surface area contributed by atoms with Crippen molar-refractivity contribution in [1.82, 2.24) is 0 Å². The number of esters is 1. The first kappa shape index (κ1) is 20.9. The van der Waals surface area contributed by atoms with Gasteiger partial charge >= 0.3 is 5.97 Å². The van der Waals surface area contributed by atoms with Crippen molar-refractivity contribution in [2.75, 3.05) is 17.8 Å². The van der Waals surface area contributed by atoms with Crippen LogP contribution in [-0.2, 0) is 27.2 Å². The summed E-state index contributed by atoms with van der Waals surface area (Å²) in [6, 6.07) is 15.9. The highest BCUT2D eigenvalue weighted by Crippen LogP contribution is 2.13. The van der Waals surface area contributed by atoms with Crippen molar-refractivity contribution >= 4 is 39.6 Å². The maximum Gasteiger partial charge on any atom is 0.330 e. The Bertz CT molecular complexity index is 767. The van der Waals surface area contributed by atoms with E-state index in [0.29, 0.717) is 6.42 Å². The first-order chi connectivity index (χ1) is 13.1. The van der Waals surface area contributed by atoms with Crippen LogP contribution in [0.4, 0.5) is 5.69 Å². The highest BCUT2D eigenvalue weighted by atomic mass is 79.9. The summed E-state index contributed by atoms with van der Waals surface area (Å²) in [6.45, 7) is 0.